The van der Waals surface area contributed by atoms with Crippen LogP contribution < -0.4 is 4.74 Å². The number of rotatable bonds is 1. The van der Waals surface area contributed by atoms with Crippen LogP contribution in [0.1, 0.15) is 0 Å². The molecule has 0 amide bonds. The highest BCUT2D eigenvalue weighted by molar-refractivity contribution is 5.13. The Morgan fingerprint density at radius 1 is 1.75 bits per heavy atom. The van der Waals surface area contributed by atoms with E-state index in [9.17, 15) is 0 Å². The normalized spacial score (nSPS) is 8.62. The van der Waals surface area contributed by atoms with Gasteiger partial charge < -0.3 is 4.74 Å². The minimum absolute atomic E-state index is 0.743. The summed E-state index contributed by atoms with van der Waals surface area (Å²) in [5, 5.41) is 0. The molecule has 0 saturated carbocycles. The lowest BCUT2D eigenvalue weighted by Crippen LogP contribution is -1.81. The summed E-state index contributed by atoms with van der Waals surface area (Å²) in [6.07, 6.45) is 3.22. The molecule has 0 aromatic carbocycles. The van der Waals surface area contributed by atoms with Gasteiger partial charge in [0.1, 0.15) is 5.75 Å². The van der Waals surface area contributed by atoms with Gasteiger partial charge in [-0.05, 0) is 6.07 Å². The number of hydrogen-bond acceptors (Lipinski definition) is 2. The van der Waals surface area contributed by atoms with Gasteiger partial charge in [0.15, 0.2) is 0 Å². The van der Waals surface area contributed by atoms with Gasteiger partial charge in [-0.1, -0.05) is 0 Å². The summed E-state index contributed by atoms with van der Waals surface area (Å²) in [6, 6.07) is 4.50. The zero-order valence-electron chi connectivity index (χ0n) is 4.59. The molecule has 1 aromatic rings. The quantitative estimate of drug-likeness (QED) is 0.533. The smallest absolute Gasteiger partial charge is 0.137 e. The summed E-state index contributed by atoms with van der Waals surface area (Å²) >= 11 is 0. The first-order valence-electron chi connectivity index (χ1n) is 2.28. The fraction of sp³-hybridized carbons (Fsp3) is 0.167. The van der Waals surface area contributed by atoms with Crippen LogP contribution in [0, 0.1) is 6.07 Å². The Morgan fingerprint density at radius 3 is 3.00 bits per heavy atom. The van der Waals surface area contributed by atoms with Crippen molar-refractivity contribution in [1.29, 1.82) is 0 Å². The van der Waals surface area contributed by atoms with E-state index in [2.05, 4.69) is 11.1 Å². The van der Waals surface area contributed by atoms with Gasteiger partial charge in [-0.3, -0.25) is 4.98 Å². The zero-order valence-corrected chi connectivity index (χ0v) is 4.59. The highest BCUT2D eigenvalue weighted by Gasteiger charge is 1.82. The van der Waals surface area contributed by atoms with Crippen molar-refractivity contribution in [2.24, 2.45) is 0 Å². The molecule has 0 N–H and O–H groups in total. The molecule has 2 nitrogen and oxygen atoms in total. The van der Waals surface area contributed by atoms with Crippen LogP contribution in [0.2, 0.25) is 0 Å². The molecular formula is C6H6NO. The van der Waals surface area contributed by atoms with Crippen LogP contribution in [0.15, 0.2) is 18.5 Å². The van der Waals surface area contributed by atoms with Crippen molar-refractivity contribution in [2.75, 3.05) is 7.11 Å². The van der Waals surface area contributed by atoms with Crippen molar-refractivity contribution in [3.63, 3.8) is 0 Å². The first kappa shape index (κ1) is 5.09. The Labute approximate surface area is 48.1 Å². The fourth-order valence-corrected chi connectivity index (χ4v) is 0.422. The monoisotopic (exact) mass is 108 g/mol. The molecule has 2 heteroatoms. The molecule has 8 heavy (non-hydrogen) atoms. The Morgan fingerprint density at radius 2 is 2.62 bits per heavy atom. The van der Waals surface area contributed by atoms with Gasteiger partial charge in [-0.15, -0.1) is 0 Å². The summed E-state index contributed by atoms with van der Waals surface area (Å²) in [5.74, 6) is 0.743. The van der Waals surface area contributed by atoms with Crippen molar-refractivity contribution >= 4 is 0 Å². The molecule has 0 atom stereocenters. The van der Waals surface area contributed by atoms with Gasteiger partial charge in [0.25, 0.3) is 0 Å². The van der Waals surface area contributed by atoms with E-state index >= 15 is 0 Å². The molecule has 41 valence electrons. The summed E-state index contributed by atoms with van der Waals surface area (Å²) in [7, 11) is 1.60. The predicted octanol–water partition coefficient (Wildman–Crippen LogP) is 0.890. The molecular weight excluding hydrogens is 102 g/mol. The number of ether oxygens (including phenoxy) is 1. The van der Waals surface area contributed by atoms with Crippen molar-refractivity contribution < 1.29 is 4.74 Å². The van der Waals surface area contributed by atoms with Crippen molar-refractivity contribution in [1.82, 2.24) is 4.98 Å². The number of pyridine rings is 1. The lowest BCUT2D eigenvalue weighted by atomic mass is 10.5. The molecule has 0 unspecified atom stereocenters. The zero-order chi connectivity index (χ0) is 5.82. The van der Waals surface area contributed by atoms with Gasteiger partial charge in [-0.2, -0.15) is 0 Å². The van der Waals surface area contributed by atoms with Crippen molar-refractivity contribution in [3.05, 3.63) is 24.5 Å². The second kappa shape index (κ2) is 2.31. The average molecular weight is 108 g/mol. The first-order valence-corrected chi connectivity index (χ1v) is 2.28. The van der Waals surface area contributed by atoms with E-state index in [0.29, 0.717) is 0 Å². The summed E-state index contributed by atoms with van der Waals surface area (Å²) in [6.45, 7) is 0. The number of aromatic nitrogens is 1. The average Bonchev–Trinajstić information content (AvgIpc) is 1.90. The maximum Gasteiger partial charge on any atom is 0.137 e. The van der Waals surface area contributed by atoms with Gasteiger partial charge >= 0.3 is 0 Å². The number of methoxy groups -OCH3 is 1. The topological polar surface area (TPSA) is 22.1 Å². The highest BCUT2D eigenvalue weighted by Crippen LogP contribution is 2.02. The van der Waals surface area contributed by atoms with Crippen molar-refractivity contribution in [2.45, 2.75) is 0 Å². The number of nitrogens with zero attached hydrogens (tertiary/aromatic N) is 1. The van der Waals surface area contributed by atoms with Gasteiger partial charge in [0, 0.05) is 12.3 Å². The molecule has 0 aliphatic heterocycles. The summed E-state index contributed by atoms with van der Waals surface area (Å²) < 4.78 is 4.82. The lowest BCUT2D eigenvalue weighted by molar-refractivity contribution is 0.413. The molecule has 0 saturated heterocycles. The Bertz CT molecular complexity index is 150. The molecule has 1 heterocycles. The maximum atomic E-state index is 4.82. The largest absolute Gasteiger partial charge is 0.495 e. The third-order valence-electron chi connectivity index (χ3n) is 0.812. The Kier molecular flexibility index (Phi) is 1.47. The fourth-order valence-electron chi connectivity index (χ4n) is 0.422. The van der Waals surface area contributed by atoms with E-state index in [4.69, 9.17) is 4.74 Å². The summed E-state index contributed by atoms with van der Waals surface area (Å²) in [5.41, 5.74) is 0. The highest BCUT2D eigenvalue weighted by atomic mass is 16.5. The minimum Gasteiger partial charge on any atom is -0.495 e. The van der Waals surface area contributed by atoms with E-state index in [1.165, 1.54) is 0 Å². The van der Waals surface area contributed by atoms with Gasteiger partial charge in [-0.25, -0.2) is 0 Å². The molecule has 0 spiro atoms. The van der Waals surface area contributed by atoms with Crippen LogP contribution in [-0.2, 0) is 0 Å². The molecule has 0 fully saturated rings. The molecule has 1 radical (unpaired) electrons. The molecule has 0 aliphatic carbocycles. The third kappa shape index (κ3) is 0.964. The van der Waals surface area contributed by atoms with Gasteiger partial charge in [0.05, 0.1) is 13.3 Å². The first-order chi connectivity index (χ1) is 3.93. The standard InChI is InChI=1S/C6H6NO/c1-8-6-3-2-4-7-5-6/h3-5H,1H3. The number of hydrogen-bond donors (Lipinski definition) is 0. The second-order valence-electron chi connectivity index (χ2n) is 1.32. The lowest BCUT2D eigenvalue weighted by Gasteiger charge is -1.92. The molecule has 0 aliphatic rings. The van der Waals surface area contributed by atoms with Crippen LogP contribution in [0.5, 0.6) is 5.75 Å². The second-order valence-corrected chi connectivity index (χ2v) is 1.32. The van der Waals surface area contributed by atoms with Crippen LogP contribution in [-0.4, -0.2) is 12.1 Å². The predicted molar refractivity (Wildman–Crippen MR) is 29.6 cm³/mol. The van der Waals surface area contributed by atoms with Crippen LogP contribution >= 0.6 is 0 Å². The van der Waals surface area contributed by atoms with Crippen molar-refractivity contribution in [3.8, 4) is 5.75 Å². The van der Waals surface area contributed by atoms with E-state index in [-0.39, 0.29) is 0 Å². The van der Waals surface area contributed by atoms with Crippen LogP contribution in [0.3, 0.4) is 0 Å². The van der Waals surface area contributed by atoms with Crippen LogP contribution in [0.4, 0.5) is 0 Å². The summed E-state index contributed by atoms with van der Waals surface area (Å²) in [4.78, 5) is 3.77. The van der Waals surface area contributed by atoms with E-state index < -0.39 is 0 Å². The third-order valence-corrected chi connectivity index (χ3v) is 0.812. The SMILES string of the molecule is COc1c[c]cnc1. The molecule has 1 aromatic heterocycles. The Balaban J connectivity index is 2.83. The van der Waals surface area contributed by atoms with E-state index in [1.54, 1.807) is 25.6 Å². The van der Waals surface area contributed by atoms with Gasteiger partial charge in [0.2, 0.25) is 0 Å². The minimum atomic E-state index is 0.743. The van der Waals surface area contributed by atoms with Crippen LogP contribution in [0.25, 0.3) is 0 Å². The van der Waals surface area contributed by atoms with E-state index in [1.807, 2.05) is 0 Å². The molecule has 1 rings (SSSR count). The maximum absolute atomic E-state index is 4.82. The molecule has 0 bridgehead atoms. The van der Waals surface area contributed by atoms with E-state index in [0.717, 1.165) is 5.75 Å². The Hall–Kier alpha value is -1.05.